The Morgan fingerprint density at radius 3 is 2.40 bits per heavy atom. The molecule has 0 bridgehead atoms. The SMILES string of the molecule is CC[C@H]1OC(=O)[C@H](C)C(O)[C@H](C)C(O[C@H]2CCC[C@@H](C)O2)[C@H](O)CCCN(CCCNC(=O)[C@@]2(O)CCC3C4CC(F)=C5CC(=O)C=C[C@]5(C)C4[C@@H](O)C[C@@]32C)[C@H](C)[C@@H](O)[C@@H]1O. The van der Waals surface area contributed by atoms with Crippen molar-refractivity contribution in [1.82, 2.24) is 10.2 Å². The molecule has 5 unspecified atom stereocenters. The number of carbonyl (C=O) groups is 3. The molecule has 14 nitrogen and oxygen atoms in total. The molecule has 4 fully saturated rings. The molecule has 2 aliphatic heterocycles. The molecule has 2 saturated carbocycles. The van der Waals surface area contributed by atoms with Crippen LogP contribution in [-0.4, -0.2) is 140 Å². The predicted octanol–water partition coefficient (Wildman–Crippen LogP) is 3.62. The van der Waals surface area contributed by atoms with E-state index in [4.69, 9.17) is 14.2 Å². The highest BCUT2D eigenvalue weighted by Gasteiger charge is 2.68. The lowest BCUT2D eigenvalue weighted by molar-refractivity contribution is -0.243. The van der Waals surface area contributed by atoms with Crippen LogP contribution in [0.15, 0.2) is 23.6 Å². The van der Waals surface area contributed by atoms with Crippen LogP contribution in [0.5, 0.6) is 0 Å². The van der Waals surface area contributed by atoms with E-state index in [0.29, 0.717) is 44.3 Å². The number of nitrogens with zero attached hydrogens (tertiary/aromatic N) is 1. The van der Waals surface area contributed by atoms with Crippen LogP contribution in [0, 0.1) is 40.4 Å². The number of amides is 1. The number of allylic oxidation sites excluding steroid dienone is 4. The van der Waals surface area contributed by atoms with Crippen molar-refractivity contribution in [2.45, 2.75) is 192 Å². The maximum atomic E-state index is 15.8. The summed E-state index contributed by atoms with van der Waals surface area (Å²) in [6.45, 7) is 13.3. The third-order valence-corrected chi connectivity index (χ3v) is 16.4. The molecule has 2 saturated heterocycles. The number of hydrogen-bond donors (Lipinski definition) is 7. The summed E-state index contributed by atoms with van der Waals surface area (Å²) in [4.78, 5) is 41.7. The van der Waals surface area contributed by atoms with Crippen LogP contribution in [0.3, 0.4) is 0 Å². The monoisotopic (exact) mass is 879 g/mol. The standard InChI is InChI=1S/C47H75FN2O12/c1-8-36-41(56)40(55)28(5)50(20-10-13-34(52)42(62-37-14-9-12-25(2)60-37)26(3)39(54)27(4)43(57)61-36)21-11-19-49-44(58)47(59)18-16-31-30-23-33(48)32-22-29(51)15-17-45(32,6)38(30)35(53)24-46(31,47)7/h15,17,25-28,30-31,34-42,52-56,59H,8-14,16,18-24H2,1-7H3,(H,49,58)/t25-,26+,27-,28-,30?,31?,34-,35+,36-,37+,38?,39?,40-,41-,42?,45+,46+,47+/m1/s1. The molecular weight excluding hydrogens is 804 g/mol. The third kappa shape index (κ3) is 9.36. The summed E-state index contributed by atoms with van der Waals surface area (Å²) in [6, 6.07) is -0.651. The van der Waals surface area contributed by atoms with Crippen molar-refractivity contribution >= 4 is 17.7 Å². The lowest BCUT2D eigenvalue weighted by atomic mass is 9.47. The molecule has 0 radical (unpaired) electrons. The van der Waals surface area contributed by atoms with E-state index in [-0.39, 0.29) is 80.5 Å². The minimum Gasteiger partial charge on any atom is -0.459 e. The van der Waals surface area contributed by atoms with E-state index >= 15 is 4.39 Å². The van der Waals surface area contributed by atoms with E-state index in [1.165, 1.54) is 13.0 Å². The molecular formula is C47H75FN2O12. The van der Waals surface area contributed by atoms with Gasteiger partial charge < -0.3 is 50.2 Å². The van der Waals surface area contributed by atoms with Gasteiger partial charge in [-0.15, -0.1) is 0 Å². The first-order valence-electron chi connectivity index (χ1n) is 23.4. The Labute approximate surface area is 366 Å². The van der Waals surface area contributed by atoms with Gasteiger partial charge in [-0.1, -0.05) is 33.8 Å². The Morgan fingerprint density at radius 1 is 0.984 bits per heavy atom. The summed E-state index contributed by atoms with van der Waals surface area (Å²) in [5.41, 5.74) is -3.24. The average Bonchev–Trinajstić information content (AvgIpc) is 3.51. The number of ketones is 1. The molecule has 0 spiro atoms. The first-order valence-corrected chi connectivity index (χ1v) is 23.4. The zero-order chi connectivity index (χ0) is 45.5. The molecule has 6 aliphatic rings. The summed E-state index contributed by atoms with van der Waals surface area (Å²) in [5.74, 6) is -4.45. The van der Waals surface area contributed by atoms with Gasteiger partial charge in [0.15, 0.2) is 12.1 Å². The van der Waals surface area contributed by atoms with Crippen molar-refractivity contribution in [2.24, 2.45) is 40.4 Å². The molecule has 2 heterocycles. The molecule has 15 heteroatoms. The first-order chi connectivity index (χ1) is 29.2. The summed E-state index contributed by atoms with van der Waals surface area (Å²) < 4.78 is 33.9. The zero-order valence-electron chi connectivity index (χ0n) is 37.9. The van der Waals surface area contributed by atoms with E-state index in [9.17, 15) is 45.0 Å². The Kier molecular flexibility index (Phi) is 15.6. The number of halogens is 1. The van der Waals surface area contributed by atoms with Crippen LogP contribution in [0.25, 0.3) is 0 Å². The number of aliphatic hydroxyl groups is 6. The predicted molar refractivity (Wildman–Crippen MR) is 226 cm³/mol. The van der Waals surface area contributed by atoms with Gasteiger partial charge in [0, 0.05) is 54.6 Å². The fourth-order valence-electron chi connectivity index (χ4n) is 12.5. The van der Waals surface area contributed by atoms with Crippen LogP contribution in [0.4, 0.5) is 4.39 Å². The number of cyclic esters (lactones) is 1. The first kappa shape index (κ1) is 49.1. The van der Waals surface area contributed by atoms with Crippen LogP contribution in [0.2, 0.25) is 0 Å². The number of rotatable bonds is 8. The number of aliphatic hydroxyl groups excluding tert-OH is 5. The molecule has 6 rings (SSSR count). The number of carbonyl (C=O) groups excluding carboxylic acids is 3. The summed E-state index contributed by atoms with van der Waals surface area (Å²) >= 11 is 0. The Bertz CT molecular complexity index is 1680. The fraction of sp³-hybridized carbons (Fsp3) is 0.851. The van der Waals surface area contributed by atoms with Gasteiger partial charge >= 0.3 is 5.97 Å². The van der Waals surface area contributed by atoms with Crippen molar-refractivity contribution in [1.29, 1.82) is 0 Å². The van der Waals surface area contributed by atoms with E-state index in [1.807, 2.05) is 25.7 Å². The molecule has 62 heavy (non-hydrogen) atoms. The van der Waals surface area contributed by atoms with Gasteiger partial charge in [-0.3, -0.25) is 19.3 Å². The minimum atomic E-state index is -1.81. The highest BCUT2D eigenvalue weighted by molar-refractivity contribution is 5.93. The molecule has 0 aromatic heterocycles. The van der Waals surface area contributed by atoms with Crippen LogP contribution < -0.4 is 5.32 Å². The van der Waals surface area contributed by atoms with Crippen molar-refractivity contribution in [3.63, 3.8) is 0 Å². The number of fused-ring (bicyclic) bond motifs is 5. The summed E-state index contributed by atoms with van der Waals surface area (Å²) in [5, 5.41) is 72.9. The van der Waals surface area contributed by atoms with E-state index in [1.54, 1.807) is 26.8 Å². The van der Waals surface area contributed by atoms with Crippen LogP contribution >= 0.6 is 0 Å². The zero-order valence-corrected chi connectivity index (χ0v) is 37.9. The second kappa shape index (κ2) is 19.6. The van der Waals surface area contributed by atoms with Gasteiger partial charge in [0.1, 0.15) is 23.6 Å². The highest BCUT2D eigenvalue weighted by atomic mass is 19.1. The van der Waals surface area contributed by atoms with Crippen molar-refractivity contribution in [2.75, 3.05) is 19.6 Å². The Hall–Kier alpha value is -2.34. The fourth-order valence-corrected chi connectivity index (χ4v) is 12.5. The van der Waals surface area contributed by atoms with Crippen LogP contribution in [0.1, 0.15) is 126 Å². The summed E-state index contributed by atoms with van der Waals surface area (Å²) in [7, 11) is 0. The van der Waals surface area contributed by atoms with Crippen LogP contribution in [-0.2, 0) is 28.6 Å². The molecule has 7 N–H and O–H groups in total. The molecule has 18 atom stereocenters. The number of esters is 1. The molecule has 4 aliphatic carbocycles. The highest BCUT2D eigenvalue weighted by Crippen LogP contribution is 2.67. The van der Waals surface area contributed by atoms with E-state index in [2.05, 4.69) is 5.32 Å². The quantitative estimate of drug-likeness (QED) is 0.137. The van der Waals surface area contributed by atoms with Gasteiger partial charge in [-0.25, -0.2) is 4.39 Å². The van der Waals surface area contributed by atoms with E-state index in [0.717, 1.165) is 12.8 Å². The smallest absolute Gasteiger partial charge is 0.311 e. The third-order valence-electron chi connectivity index (χ3n) is 16.4. The Morgan fingerprint density at radius 2 is 1.71 bits per heavy atom. The molecule has 0 aromatic rings. The van der Waals surface area contributed by atoms with E-state index < -0.39 is 95.2 Å². The van der Waals surface area contributed by atoms with Gasteiger partial charge in [0.25, 0.3) is 5.91 Å². The van der Waals surface area contributed by atoms with Gasteiger partial charge in [-0.2, -0.15) is 0 Å². The van der Waals surface area contributed by atoms with Crippen molar-refractivity contribution in [3.8, 4) is 0 Å². The normalized spacial score (nSPS) is 46.2. The number of ether oxygens (including phenoxy) is 3. The molecule has 352 valence electrons. The van der Waals surface area contributed by atoms with Crippen molar-refractivity contribution < 1.29 is 63.6 Å². The maximum absolute atomic E-state index is 15.8. The number of hydrogen-bond acceptors (Lipinski definition) is 13. The second-order valence-corrected chi connectivity index (χ2v) is 20.2. The maximum Gasteiger partial charge on any atom is 0.311 e. The minimum absolute atomic E-state index is 0.00978. The number of nitrogens with one attached hydrogen (secondary N) is 1. The topological polar surface area (TPSA) is 216 Å². The largest absolute Gasteiger partial charge is 0.459 e. The molecule has 1 amide bonds. The second-order valence-electron chi connectivity index (χ2n) is 20.2. The Balaban J connectivity index is 1.14. The van der Waals surface area contributed by atoms with Gasteiger partial charge in [0.05, 0.1) is 42.5 Å². The lowest BCUT2D eigenvalue weighted by Crippen LogP contribution is -2.63. The van der Waals surface area contributed by atoms with Gasteiger partial charge in [0.2, 0.25) is 0 Å². The van der Waals surface area contributed by atoms with Crippen molar-refractivity contribution in [3.05, 3.63) is 23.6 Å². The molecule has 0 aromatic carbocycles. The average molecular weight is 879 g/mol. The van der Waals surface area contributed by atoms with Gasteiger partial charge in [-0.05, 0) is 115 Å². The lowest BCUT2D eigenvalue weighted by Gasteiger charge is -2.59. The summed E-state index contributed by atoms with van der Waals surface area (Å²) in [6.07, 6.45) is -0.816.